The third-order valence-electron chi connectivity index (χ3n) is 2.75. The predicted molar refractivity (Wildman–Crippen MR) is 58.0 cm³/mol. The van der Waals surface area contributed by atoms with Gasteiger partial charge in [0.2, 0.25) is 5.89 Å². The lowest BCUT2D eigenvalue weighted by Gasteiger charge is -2.21. The second kappa shape index (κ2) is 5.21. The molecule has 0 saturated carbocycles. The number of Topliss-reactive ketones (excluding diaryl/α,β-unsaturated/α-hetero) is 1. The minimum atomic E-state index is 0.0585. The van der Waals surface area contributed by atoms with Gasteiger partial charge < -0.3 is 9.84 Å². The van der Waals surface area contributed by atoms with E-state index in [2.05, 4.69) is 15.5 Å². The molecule has 5 heteroatoms. The molecule has 1 aliphatic rings. The molecule has 1 aromatic rings. The fraction of sp³-hybridized carbons (Fsp3) is 0.727. The van der Waals surface area contributed by atoms with Gasteiger partial charge in [0.15, 0.2) is 5.82 Å². The van der Waals surface area contributed by atoms with Gasteiger partial charge in [0, 0.05) is 12.5 Å². The van der Waals surface area contributed by atoms with Crippen LogP contribution >= 0.6 is 0 Å². The van der Waals surface area contributed by atoms with E-state index in [-0.39, 0.29) is 12.2 Å². The summed E-state index contributed by atoms with van der Waals surface area (Å²) in [6.45, 7) is 2.60. The molecule has 0 bridgehead atoms. The van der Waals surface area contributed by atoms with Gasteiger partial charge in [-0.1, -0.05) is 11.6 Å². The average Bonchev–Trinajstić information content (AvgIpc) is 2.66. The van der Waals surface area contributed by atoms with Gasteiger partial charge in [-0.15, -0.1) is 0 Å². The maximum atomic E-state index is 10.9. The Balaban J connectivity index is 1.88. The Morgan fingerprint density at radius 3 is 3.12 bits per heavy atom. The highest BCUT2D eigenvalue weighted by Crippen LogP contribution is 2.11. The van der Waals surface area contributed by atoms with Crippen molar-refractivity contribution in [3.05, 3.63) is 11.7 Å². The van der Waals surface area contributed by atoms with Crippen molar-refractivity contribution in [2.45, 2.75) is 45.1 Å². The van der Waals surface area contributed by atoms with Gasteiger partial charge in [0.1, 0.15) is 5.78 Å². The van der Waals surface area contributed by atoms with Crippen molar-refractivity contribution >= 4 is 5.78 Å². The summed E-state index contributed by atoms with van der Waals surface area (Å²) in [5.74, 6) is 1.19. The lowest BCUT2D eigenvalue weighted by atomic mass is 10.0. The Kier molecular flexibility index (Phi) is 3.66. The Morgan fingerprint density at radius 2 is 2.44 bits per heavy atom. The quantitative estimate of drug-likeness (QED) is 0.820. The number of rotatable bonds is 4. The summed E-state index contributed by atoms with van der Waals surface area (Å²) in [4.78, 5) is 15.1. The monoisotopic (exact) mass is 223 g/mol. The van der Waals surface area contributed by atoms with Crippen molar-refractivity contribution in [2.24, 2.45) is 0 Å². The van der Waals surface area contributed by atoms with E-state index in [1.807, 2.05) is 0 Å². The van der Waals surface area contributed by atoms with Gasteiger partial charge in [0.05, 0.1) is 6.42 Å². The van der Waals surface area contributed by atoms with Crippen LogP contribution in [0.2, 0.25) is 0 Å². The number of nitrogens with one attached hydrogen (secondary N) is 1. The molecule has 16 heavy (non-hydrogen) atoms. The van der Waals surface area contributed by atoms with Crippen LogP contribution in [-0.4, -0.2) is 28.5 Å². The van der Waals surface area contributed by atoms with E-state index < -0.39 is 0 Å². The number of hydrogen-bond donors (Lipinski definition) is 1. The van der Waals surface area contributed by atoms with E-state index in [0.29, 0.717) is 17.8 Å². The van der Waals surface area contributed by atoms with E-state index >= 15 is 0 Å². The van der Waals surface area contributed by atoms with Crippen molar-refractivity contribution < 1.29 is 9.32 Å². The molecule has 0 radical (unpaired) electrons. The van der Waals surface area contributed by atoms with Crippen LogP contribution in [0.1, 0.15) is 37.9 Å². The fourth-order valence-corrected chi connectivity index (χ4v) is 1.98. The van der Waals surface area contributed by atoms with Gasteiger partial charge in [-0.25, -0.2) is 0 Å². The van der Waals surface area contributed by atoms with Crippen molar-refractivity contribution in [3.8, 4) is 0 Å². The number of aromatic nitrogens is 2. The SMILES string of the molecule is CC(=O)Cc1noc(CC2CCCCN2)n1. The fourth-order valence-electron chi connectivity index (χ4n) is 1.98. The van der Waals surface area contributed by atoms with Crippen LogP contribution in [0, 0.1) is 0 Å². The maximum absolute atomic E-state index is 10.9. The molecule has 88 valence electrons. The third kappa shape index (κ3) is 3.13. The van der Waals surface area contributed by atoms with Crippen LogP contribution in [0.15, 0.2) is 4.52 Å². The van der Waals surface area contributed by atoms with E-state index in [1.165, 1.54) is 19.8 Å². The highest BCUT2D eigenvalue weighted by atomic mass is 16.5. The Hall–Kier alpha value is -1.23. The smallest absolute Gasteiger partial charge is 0.228 e. The molecule has 1 aliphatic heterocycles. The molecule has 0 aliphatic carbocycles. The molecule has 1 aromatic heterocycles. The van der Waals surface area contributed by atoms with Crippen LogP contribution in [0.3, 0.4) is 0 Å². The largest absolute Gasteiger partial charge is 0.339 e. The third-order valence-corrected chi connectivity index (χ3v) is 2.75. The van der Waals surface area contributed by atoms with Gasteiger partial charge in [-0.2, -0.15) is 4.98 Å². The average molecular weight is 223 g/mol. The number of carbonyl (C=O) groups is 1. The van der Waals surface area contributed by atoms with Crippen molar-refractivity contribution in [1.82, 2.24) is 15.5 Å². The maximum Gasteiger partial charge on any atom is 0.228 e. The van der Waals surface area contributed by atoms with Crippen molar-refractivity contribution in [1.29, 1.82) is 0 Å². The molecular formula is C11H17N3O2. The lowest BCUT2D eigenvalue weighted by molar-refractivity contribution is -0.116. The molecule has 1 atom stereocenters. The molecule has 0 aromatic carbocycles. The molecule has 2 heterocycles. The zero-order chi connectivity index (χ0) is 11.4. The highest BCUT2D eigenvalue weighted by Gasteiger charge is 2.17. The van der Waals surface area contributed by atoms with Gasteiger partial charge in [-0.05, 0) is 26.3 Å². The number of nitrogens with zero attached hydrogens (tertiary/aromatic N) is 2. The Morgan fingerprint density at radius 1 is 1.56 bits per heavy atom. The summed E-state index contributed by atoms with van der Waals surface area (Å²) in [5, 5.41) is 7.21. The van der Waals surface area contributed by atoms with Crippen LogP contribution in [0.4, 0.5) is 0 Å². The minimum absolute atomic E-state index is 0.0585. The molecule has 2 rings (SSSR count). The standard InChI is InChI=1S/C11H17N3O2/c1-8(15)6-10-13-11(16-14-10)7-9-4-2-3-5-12-9/h9,12H,2-7H2,1H3. The second-order valence-corrected chi connectivity index (χ2v) is 4.33. The van der Waals surface area contributed by atoms with E-state index in [0.717, 1.165) is 19.4 Å². The van der Waals surface area contributed by atoms with Crippen LogP contribution in [0.25, 0.3) is 0 Å². The minimum Gasteiger partial charge on any atom is -0.339 e. The molecule has 0 amide bonds. The first-order chi connectivity index (χ1) is 7.74. The van der Waals surface area contributed by atoms with Gasteiger partial charge >= 0.3 is 0 Å². The van der Waals surface area contributed by atoms with Gasteiger partial charge in [-0.3, -0.25) is 4.79 Å². The number of hydrogen-bond acceptors (Lipinski definition) is 5. The van der Waals surface area contributed by atoms with Crippen LogP contribution in [-0.2, 0) is 17.6 Å². The topological polar surface area (TPSA) is 68.0 Å². The number of carbonyl (C=O) groups excluding carboxylic acids is 1. The van der Waals surface area contributed by atoms with Crippen molar-refractivity contribution in [2.75, 3.05) is 6.54 Å². The predicted octanol–water partition coefficient (Wildman–Crippen LogP) is 0.886. The van der Waals surface area contributed by atoms with E-state index in [1.54, 1.807) is 0 Å². The van der Waals surface area contributed by atoms with Crippen LogP contribution in [0.5, 0.6) is 0 Å². The van der Waals surface area contributed by atoms with E-state index in [9.17, 15) is 4.79 Å². The molecule has 0 spiro atoms. The summed E-state index contributed by atoms with van der Waals surface area (Å²) in [6, 6.07) is 0.444. The summed E-state index contributed by atoms with van der Waals surface area (Å²) < 4.78 is 5.11. The normalized spacial score (nSPS) is 20.9. The summed E-state index contributed by atoms with van der Waals surface area (Å²) in [5.41, 5.74) is 0. The van der Waals surface area contributed by atoms with Gasteiger partial charge in [0.25, 0.3) is 0 Å². The number of piperidine rings is 1. The summed E-state index contributed by atoms with van der Waals surface area (Å²) in [7, 11) is 0. The lowest BCUT2D eigenvalue weighted by Crippen LogP contribution is -2.35. The zero-order valence-electron chi connectivity index (χ0n) is 9.53. The van der Waals surface area contributed by atoms with E-state index in [4.69, 9.17) is 4.52 Å². The Bertz CT molecular complexity index is 356. The molecule has 1 N–H and O–H groups in total. The zero-order valence-corrected chi connectivity index (χ0v) is 9.53. The molecule has 5 nitrogen and oxygen atoms in total. The second-order valence-electron chi connectivity index (χ2n) is 4.33. The number of ketones is 1. The summed E-state index contributed by atoms with van der Waals surface area (Å²) >= 11 is 0. The molecule has 1 fully saturated rings. The molecule has 1 saturated heterocycles. The molecular weight excluding hydrogens is 206 g/mol. The first-order valence-electron chi connectivity index (χ1n) is 5.78. The summed E-state index contributed by atoms with van der Waals surface area (Å²) in [6.07, 6.45) is 4.69. The first-order valence-corrected chi connectivity index (χ1v) is 5.78. The van der Waals surface area contributed by atoms with Crippen molar-refractivity contribution in [3.63, 3.8) is 0 Å². The first kappa shape index (κ1) is 11.3. The highest BCUT2D eigenvalue weighted by molar-refractivity contribution is 5.77. The Labute approximate surface area is 94.6 Å². The molecule has 1 unspecified atom stereocenters. The van der Waals surface area contributed by atoms with Crippen LogP contribution < -0.4 is 5.32 Å².